The minimum absolute atomic E-state index is 0.290. The maximum absolute atomic E-state index is 13.5. The Bertz CT molecular complexity index is 470. The van der Waals surface area contributed by atoms with Crippen LogP contribution < -0.4 is 5.73 Å². The number of halogens is 2. The Hall–Kier alpha value is -1.13. The Morgan fingerprint density at radius 3 is 2.88 bits per heavy atom. The summed E-state index contributed by atoms with van der Waals surface area (Å²) in [5, 5.41) is 0. The van der Waals surface area contributed by atoms with E-state index in [1.807, 2.05) is 6.07 Å². The third kappa shape index (κ3) is 2.51. The summed E-state index contributed by atoms with van der Waals surface area (Å²) in [5.41, 5.74) is 6.43. The fourth-order valence-electron chi connectivity index (χ4n) is 1.55. The molecule has 0 bridgehead atoms. The normalized spacial score (nSPS) is 12.7. The molecule has 2 nitrogen and oxygen atoms in total. The summed E-state index contributed by atoms with van der Waals surface area (Å²) < 4.78 is 19.5. The number of hydrogen-bond donors (Lipinski definition) is 1. The molecule has 0 aliphatic heterocycles. The molecule has 1 aromatic heterocycles. The second kappa shape index (κ2) is 4.80. The molecule has 0 saturated carbocycles. The van der Waals surface area contributed by atoms with E-state index in [2.05, 4.69) is 15.9 Å². The molecule has 1 heterocycles. The number of hydrogen-bond acceptors (Lipinski definition) is 2. The molecule has 0 radical (unpaired) electrons. The van der Waals surface area contributed by atoms with Gasteiger partial charge in [0.2, 0.25) is 0 Å². The van der Waals surface area contributed by atoms with Crippen molar-refractivity contribution in [1.82, 2.24) is 0 Å². The number of furan rings is 1. The van der Waals surface area contributed by atoms with Crippen molar-refractivity contribution in [3.05, 3.63) is 58.2 Å². The van der Waals surface area contributed by atoms with Gasteiger partial charge in [0.1, 0.15) is 11.6 Å². The van der Waals surface area contributed by atoms with Gasteiger partial charge in [0, 0.05) is 22.5 Å². The van der Waals surface area contributed by atoms with Crippen LogP contribution in [0.2, 0.25) is 0 Å². The Morgan fingerprint density at radius 1 is 1.38 bits per heavy atom. The van der Waals surface area contributed by atoms with Crippen LogP contribution in [0.1, 0.15) is 17.4 Å². The van der Waals surface area contributed by atoms with Crippen molar-refractivity contribution in [2.24, 2.45) is 5.73 Å². The van der Waals surface area contributed by atoms with Crippen LogP contribution in [0.5, 0.6) is 0 Å². The van der Waals surface area contributed by atoms with E-state index in [0.717, 1.165) is 10.2 Å². The Kier molecular flexibility index (Phi) is 3.41. The molecule has 1 atom stereocenters. The van der Waals surface area contributed by atoms with E-state index in [-0.39, 0.29) is 5.82 Å². The molecule has 0 aliphatic rings. The molecule has 4 heteroatoms. The topological polar surface area (TPSA) is 39.2 Å². The summed E-state index contributed by atoms with van der Waals surface area (Å²) in [6, 6.07) is 7.97. The molecule has 2 aromatic rings. The molecular formula is C12H11BrFNO. The van der Waals surface area contributed by atoms with Gasteiger partial charge in [0.15, 0.2) is 0 Å². The summed E-state index contributed by atoms with van der Waals surface area (Å²) >= 11 is 3.30. The lowest BCUT2D eigenvalue weighted by Crippen LogP contribution is -2.14. The highest BCUT2D eigenvalue weighted by molar-refractivity contribution is 9.10. The van der Waals surface area contributed by atoms with Crippen molar-refractivity contribution in [2.75, 3.05) is 0 Å². The predicted molar refractivity (Wildman–Crippen MR) is 63.4 cm³/mol. The highest BCUT2D eigenvalue weighted by Crippen LogP contribution is 2.23. The number of nitrogens with two attached hydrogens (primary N) is 1. The predicted octanol–water partition coefficient (Wildman–Crippen LogP) is 3.42. The highest BCUT2D eigenvalue weighted by Gasteiger charge is 2.13. The van der Waals surface area contributed by atoms with E-state index in [1.165, 1.54) is 6.07 Å². The summed E-state index contributed by atoms with van der Waals surface area (Å²) in [4.78, 5) is 0. The first-order valence-corrected chi connectivity index (χ1v) is 5.69. The molecule has 2 N–H and O–H groups in total. The van der Waals surface area contributed by atoms with Crippen molar-refractivity contribution in [1.29, 1.82) is 0 Å². The third-order valence-electron chi connectivity index (χ3n) is 2.36. The molecule has 0 fully saturated rings. The Labute approximate surface area is 101 Å². The van der Waals surface area contributed by atoms with E-state index < -0.39 is 6.04 Å². The largest absolute Gasteiger partial charge is 0.469 e. The van der Waals surface area contributed by atoms with Crippen molar-refractivity contribution >= 4 is 15.9 Å². The summed E-state index contributed by atoms with van der Waals surface area (Å²) in [7, 11) is 0. The fourth-order valence-corrected chi connectivity index (χ4v) is 1.93. The van der Waals surface area contributed by atoms with Crippen LogP contribution in [-0.4, -0.2) is 0 Å². The van der Waals surface area contributed by atoms with E-state index >= 15 is 0 Å². The molecule has 16 heavy (non-hydrogen) atoms. The van der Waals surface area contributed by atoms with Crippen LogP contribution >= 0.6 is 15.9 Å². The standard InChI is InChI=1S/C12H11BrFNO/c13-8-3-4-11(14)10(6-8)12(15)7-9-2-1-5-16-9/h1-6,12H,7,15H2. The quantitative estimate of drug-likeness (QED) is 0.938. The van der Waals surface area contributed by atoms with E-state index in [9.17, 15) is 4.39 Å². The molecular weight excluding hydrogens is 273 g/mol. The van der Waals surface area contributed by atoms with Gasteiger partial charge >= 0.3 is 0 Å². The van der Waals surface area contributed by atoms with Gasteiger partial charge in [-0.15, -0.1) is 0 Å². The van der Waals surface area contributed by atoms with Gasteiger partial charge in [-0.3, -0.25) is 0 Å². The van der Waals surface area contributed by atoms with E-state index in [4.69, 9.17) is 10.2 Å². The van der Waals surface area contributed by atoms with Gasteiger partial charge in [-0.2, -0.15) is 0 Å². The highest BCUT2D eigenvalue weighted by atomic mass is 79.9. The molecule has 0 aliphatic carbocycles. The van der Waals surface area contributed by atoms with Crippen LogP contribution in [0.4, 0.5) is 4.39 Å². The fraction of sp³-hybridized carbons (Fsp3) is 0.167. The molecule has 1 aromatic carbocycles. The molecule has 0 saturated heterocycles. The van der Waals surface area contributed by atoms with E-state index in [1.54, 1.807) is 24.5 Å². The lowest BCUT2D eigenvalue weighted by atomic mass is 10.0. The first-order chi connectivity index (χ1) is 7.66. The van der Waals surface area contributed by atoms with Gasteiger partial charge in [-0.1, -0.05) is 15.9 Å². The number of rotatable bonds is 3. The number of benzene rings is 1. The van der Waals surface area contributed by atoms with Crippen molar-refractivity contribution < 1.29 is 8.81 Å². The summed E-state index contributed by atoms with van der Waals surface area (Å²) in [6.45, 7) is 0. The average Bonchev–Trinajstić information content (AvgIpc) is 2.74. The maximum atomic E-state index is 13.5. The van der Waals surface area contributed by atoms with Crippen molar-refractivity contribution in [2.45, 2.75) is 12.5 Å². The van der Waals surface area contributed by atoms with Crippen LogP contribution in [0.25, 0.3) is 0 Å². The molecule has 0 amide bonds. The smallest absolute Gasteiger partial charge is 0.128 e. The van der Waals surface area contributed by atoms with Crippen molar-refractivity contribution in [3.63, 3.8) is 0 Å². The maximum Gasteiger partial charge on any atom is 0.128 e. The molecule has 84 valence electrons. The second-order valence-corrected chi connectivity index (χ2v) is 4.47. The van der Waals surface area contributed by atoms with Gasteiger partial charge < -0.3 is 10.2 Å². The molecule has 2 rings (SSSR count). The lowest BCUT2D eigenvalue weighted by Gasteiger charge is -2.11. The minimum atomic E-state index is -0.399. The van der Waals surface area contributed by atoms with Crippen LogP contribution in [0, 0.1) is 5.82 Å². The monoisotopic (exact) mass is 283 g/mol. The van der Waals surface area contributed by atoms with Crippen LogP contribution in [0.15, 0.2) is 45.5 Å². The third-order valence-corrected chi connectivity index (χ3v) is 2.85. The van der Waals surface area contributed by atoms with E-state index in [0.29, 0.717) is 12.0 Å². The molecule has 0 spiro atoms. The van der Waals surface area contributed by atoms with Gasteiger partial charge in [-0.05, 0) is 30.3 Å². The SMILES string of the molecule is NC(Cc1ccco1)c1cc(Br)ccc1F. The Morgan fingerprint density at radius 2 is 2.19 bits per heavy atom. The van der Waals surface area contributed by atoms with Gasteiger partial charge in [-0.25, -0.2) is 4.39 Å². The molecule has 1 unspecified atom stereocenters. The van der Waals surface area contributed by atoms with Gasteiger partial charge in [0.25, 0.3) is 0 Å². The summed E-state index contributed by atoms with van der Waals surface area (Å²) in [6.07, 6.45) is 2.07. The minimum Gasteiger partial charge on any atom is -0.469 e. The second-order valence-electron chi connectivity index (χ2n) is 3.56. The van der Waals surface area contributed by atoms with Crippen molar-refractivity contribution in [3.8, 4) is 0 Å². The zero-order valence-electron chi connectivity index (χ0n) is 8.49. The zero-order valence-corrected chi connectivity index (χ0v) is 10.1. The van der Waals surface area contributed by atoms with Crippen LogP contribution in [0.3, 0.4) is 0 Å². The zero-order chi connectivity index (χ0) is 11.5. The van der Waals surface area contributed by atoms with Gasteiger partial charge in [0.05, 0.1) is 6.26 Å². The first-order valence-electron chi connectivity index (χ1n) is 4.89. The lowest BCUT2D eigenvalue weighted by molar-refractivity contribution is 0.481. The average molecular weight is 284 g/mol. The first kappa shape index (κ1) is 11.4. The van der Waals surface area contributed by atoms with Crippen LogP contribution in [-0.2, 0) is 6.42 Å². The Balaban J connectivity index is 2.20. The summed E-state index contributed by atoms with van der Waals surface area (Å²) in [5.74, 6) is 0.467.